The number of nitrogens with one attached hydrogen (secondary N) is 1. The largest absolute Gasteiger partial charge is 0.381 e. The number of benzene rings is 1. The second kappa shape index (κ2) is 5.75. The fourth-order valence-corrected chi connectivity index (χ4v) is 3.47. The van der Waals surface area contributed by atoms with Crippen molar-refractivity contribution < 1.29 is 0 Å². The minimum Gasteiger partial charge on any atom is -0.381 e. The first-order valence-electron chi connectivity index (χ1n) is 6.54. The molecule has 1 saturated carbocycles. The molecule has 0 radical (unpaired) electrons. The number of nitrogens with zero attached hydrogens (tertiary/aromatic N) is 1. The van der Waals surface area contributed by atoms with Crippen LogP contribution in [0.25, 0.3) is 0 Å². The second-order valence-corrected chi connectivity index (χ2v) is 6.10. The van der Waals surface area contributed by atoms with Gasteiger partial charge in [-0.3, -0.25) is 0 Å². The van der Waals surface area contributed by atoms with Gasteiger partial charge in [0.1, 0.15) is 0 Å². The van der Waals surface area contributed by atoms with E-state index in [9.17, 15) is 5.26 Å². The molecule has 2 atom stereocenters. The first-order chi connectivity index (χ1) is 8.61. The molecule has 0 bridgehead atoms. The van der Waals surface area contributed by atoms with E-state index < -0.39 is 0 Å². The Balaban J connectivity index is 2.21. The molecule has 1 aromatic rings. The molecule has 0 saturated heterocycles. The first kappa shape index (κ1) is 13.4. The lowest BCUT2D eigenvalue weighted by Crippen LogP contribution is -2.31. The van der Waals surface area contributed by atoms with Crippen LogP contribution in [-0.4, -0.2) is 6.04 Å². The zero-order valence-corrected chi connectivity index (χ0v) is 12.5. The molecule has 1 aromatic carbocycles. The van der Waals surface area contributed by atoms with Gasteiger partial charge in [0, 0.05) is 16.2 Å². The maximum Gasteiger partial charge on any atom is 0.0677 e. The van der Waals surface area contributed by atoms with Crippen molar-refractivity contribution in [1.82, 2.24) is 0 Å². The van der Waals surface area contributed by atoms with Gasteiger partial charge in [-0.15, -0.1) is 0 Å². The lowest BCUT2D eigenvalue weighted by molar-refractivity contribution is 0.388. The summed E-state index contributed by atoms with van der Waals surface area (Å²) in [5, 5.41) is 12.8. The molecule has 1 aliphatic carbocycles. The molecule has 2 unspecified atom stereocenters. The number of halogens is 1. The van der Waals surface area contributed by atoms with Gasteiger partial charge in [-0.2, -0.15) is 5.26 Å². The van der Waals surface area contributed by atoms with E-state index in [1.54, 1.807) is 0 Å². The highest BCUT2D eigenvalue weighted by atomic mass is 79.9. The Morgan fingerprint density at radius 1 is 1.22 bits per heavy atom. The Morgan fingerprint density at radius 3 is 2.44 bits per heavy atom. The molecule has 0 amide bonds. The molecule has 2 nitrogen and oxygen atoms in total. The van der Waals surface area contributed by atoms with Gasteiger partial charge in [-0.05, 0) is 49.9 Å². The minimum absolute atomic E-state index is 0.154. The van der Waals surface area contributed by atoms with E-state index in [0.717, 1.165) is 17.3 Å². The zero-order chi connectivity index (χ0) is 13.1. The fourth-order valence-electron chi connectivity index (χ4n) is 2.78. The monoisotopic (exact) mass is 306 g/mol. The maximum absolute atomic E-state index is 9.22. The van der Waals surface area contributed by atoms with E-state index in [1.807, 2.05) is 0 Å². The molecule has 1 N–H and O–H groups in total. The SMILES string of the molecule is Cc1cc(Br)cc(C)c1NC1CCCCC1C#N. The fraction of sp³-hybridized carbons (Fsp3) is 0.533. The number of aryl methyl sites for hydroxylation is 2. The zero-order valence-electron chi connectivity index (χ0n) is 11.0. The average Bonchev–Trinajstić information content (AvgIpc) is 2.34. The first-order valence-corrected chi connectivity index (χ1v) is 7.34. The smallest absolute Gasteiger partial charge is 0.0677 e. The van der Waals surface area contributed by atoms with Crippen LogP contribution in [0.1, 0.15) is 36.8 Å². The summed E-state index contributed by atoms with van der Waals surface area (Å²) in [7, 11) is 0. The van der Waals surface area contributed by atoms with Gasteiger partial charge in [0.2, 0.25) is 0 Å². The Hall–Kier alpha value is -1.01. The van der Waals surface area contributed by atoms with Crippen LogP contribution in [0.4, 0.5) is 5.69 Å². The number of rotatable bonds is 2. The summed E-state index contributed by atoms with van der Waals surface area (Å²) in [5.41, 5.74) is 3.68. The Morgan fingerprint density at radius 2 is 1.83 bits per heavy atom. The van der Waals surface area contributed by atoms with E-state index in [0.29, 0.717) is 6.04 Å². The second-order valence-electron chi connectivity index (χ2n) is 5.19. The summed E-state index contributed by atoms with van der Waals surface area (Å²) in [4.78, 5) is 0. The third-order valence-electron chi connectivity index (χ3n) is 3.76. The van der Waals surface area contributed by atoms with E-state index in [1.165, 1.54) is 29.7 Å². The predicted octanol–water partition coefficient (Wildman–Crippen LogP) is 4.56. The Kier molecular flexibility index (Phi) is 4.29. The van der Waals surface area contributed by atoms with Crippen molar-refractivity contribution in [2.75, 3.05) is 5.32 Å². The van der Waals surface area contributed by atoms with E-state index in [-0.39, 0.29) is 5.92 Å². The van der Waals surface area contributed by atoms with Crippen LogP contribution in [0, 0.1) is 31.1 Å². The molecular formula is C15H19BrN2. The number of nitriles is 1. The molecule has 0 spiro atoms. The third kappa shape index (κ3) is 2.87. The van der Waals surface area contributed by atoms with Crippen molar-refractivity contribution in [3.63, 3.8) is 0 Å². The third-order valence-corrected chi connectivity index (χ3v) is 4.22. The van der Waals surface area contributed by atoms with E-state index in [4.69, 9.17) is 0 Å². The molecule has 1 aliphatic rings. The molecule has 3 heteroatoms. The van der Waals surface area contributed by atoms with Crippen LogP contribution in [0.2, 0.25) is 0 Å². The molecule has 0 aromatic heterocycles. The molecule has 1 fully saturated rings. The number of hydrogen-bond acceptors (Lipinski definition) is 2. The van der Waals surface area contributed by atoms with Gasteiger partial charge in [-0.1, -0.05) is 28.8 Å². The lowest BCUT2D eigenvalue weighted by atomic mass is 9.85. The van der Waals surface area contributed by atoms with Crippen LogP contribution in [-0.2, 0) is 0 Å². The van der Waals surface area contributed by atoms with Crippen LogP contribution in [0.5, 0.6) is 0 Å². The van der Waals surface area contributed by atoms with Crippen molar-refractivity contribution in [3.8, 4) is 6.07 Å². The molecule has 18 heavy (non-hydrogen) atoms. The van der Waals surface area contributed by atoms with Gasteiger partial charge in [-0.25, -0.2) is 0 Å². The molecule has 96 valence electrons. The van der Waals surface area contributed by atoms with E-state index >= 15 is 0 Å². The van der Waals surface area contributed by atoms with Gasteiger partial charge in [0.15, 0.2) is 0 Å². The quantitative estimate of drug-likeness (QED) is 0.869. The maximum atomic E-state index is 9.22. The van der Waals surface area contributed by atoms with Crippen LogP contribution in [0.3, 0.4) is 0 Å². The lowest BCUT2D eigenvalue weighted by Gasteiger charge is -2.30. The van der Waals surface area contributed by atoms with E-state index in [2.05, 4.69) is 53.3 Å². The van der Waals surface area contributed by atoms with Crippen molar-refractivity contribution in [1.29, 1.82) is 5.26 Å². The Bertz CT molecular complexity index is 453. The predicted molar refractivity (Wildman–Crippen MR) is 78.6 cm³/mol. The molecule has 0 heterocycles. The highest BCUT2D eigenvalue weighted by molar-refractivity contribution is 9.10. The molecule has 0 aliphatic heterocycles. The van der Waals surface area contributed by atoms with Crippen LogP contribution >= 0.6 is 15.9 Å². The van der Waals surface area contributed by atoms with Gasteiger partial charge < -0.3 is 5.32 Å². The average molecular weight is 307 g/mol. The molecular weight excluding hydrogens is 288 g/mol. The van der Waals surface area contributed by atoms with Crippen LogP contribution in [0.15, 0.2) is 16.6 Å². The van der Waals surface area contributed by atoms with Gasteiger partial charge in [0.05, 0.1) is 12.0 Å². The summed E-state index contributed by atoms with van der Waals surface area (Å²) in [6.07, 6.45) is 4.55. The highest BCUT2D eigenvalue weighted by Crippen LogP contribution is 2.31. The summed E-state index contributed by atoms with van der Waals surface area (Å²) in [6, 6.07) is 7.01. The number of hydrogen-bond donors (Lipinski definition) is 1. The summed E-state index contributed by atoms with van der Waals surface area (Å²) < 4.78 is 1.11. The summed E-state index contributed by atoms with van der Waals surface area (Å²) >= 11 is 3.52. The van der Waals surface area contributed by atoms with Crippen molar-refractivity contribution in [2.45, 2.75) is 45.6 Å². The summed E-state index contributed by atoms with van der Waals surface area (Å²) in [5.74, 6) is 0.154. The Labute approximate surface area is 118 Å². The van der Waals surface area contributed by atoms with Crippen molar-refractivity contribution in [2.24, 2.45) is 5.92 Å². The van der Waals surface area contributed by atoms with Gasteiger partial charge >= 0.3 is 0 Å². The number of anilines is 1. The minimum atomic E-state index is 0.154. The van der Waals surface area contributed by atoms with Crippen LogP contribution < -0.4 is 5.32 Å². The molecule has 2 rings (SSSR count). The van der Waals surface area contributed by atoms with Crippen molar-refractivity contribution >= 4 is 21.6 Å². The summed E-state index contributed by atoms with van der Waals surface area (Å²) in [6.45, 7) is 4.23. The van der Waals surface area contributed by atoms with Gasteiger partial charge in [0.25, 0.3) is 0 Å². The standard InChI is InChI=1S/C15H19BrN2/c1-10-7-13(16)8-11(2)15(10)18-14-6-4-3-5-12(14)9-17/h7-8,12,14,18H,3-6H2,1-2H3. The topological polar surface area (TPSA) is 35.8 Å². The normalized spacial score (nSPS) is 23.4. The van der Waals surface area contributed by atoms with Crippen molar-refractivity contribution in [3.05, 3.63) is 27.7 Å². The highest BCUT2D eigenvalue weighted by Gasteiger charge is 2.25.